The third kappa shape index (κ3) is 2.61. The Labute approximate surface area is 145 Å². The highest BCUT2D eigenvalue weighted by Gasteiger charge is 2.18. The van der Waals surface area contributed by atoms with E-state index in [-0.39, 0.29) is 5.91 Å². The molecule has 4 rings (SSSR count). The molecule has 0 saturated heterocycles. The van der Waals surface area contributed by atoms with Gasteiger partial charge in [-0.3, -0.25) is 10.1 Å². The molecule has 23 heavy (non-hydrogen) atoms. The molecule has 0 spiro atoms. The van der Waals surface area contributed by atoms with Crippen LogP contribution >= 0.6 is 34.3 Å². The maximum atomic E-state index is 12.5. The van der Waals surface area contributed by atoms with Crippen LogP contribution in [0, 0.1) is 6.92 Å². The average molecular weight is 359 g/mol. The van der Waals surface area contributed by atoms with Crippen molar-refractivity contribution in [2.75, 3.05) is 5.32 Å². The second-order valence-electron chi connectivity index (χ2n) is 5.19. The molecule has 0 aliphatic rings. The zero-order valence-corrected chi connectivity index (χ0v) is 14.5. The van der Waals surface area contributed by atoms with Crippen LogP contribution in [-0.4, -0.2) is 10.9 Å². The van der Waals surface area contributed by atoms with E-state index in [2.05, 4.69) is 10.3 Å². The van der Waals surface area contributed by atoms with E-state index in [0.29, 0.717) is 15.0 Å². The van der Waals surface area contributed by atoms with E-state index in [1.54, 1.807) is 0 Å². The third-order valence-corrected chi connectivity index (χ3v) is 6.11. The largest absolute Gasteiger partial charge is 0.297 e. The molecule has 0 saturated carbocycles. The first-order valence-corrected chi connectivity index (χ1v) is 8.98. The first kappa shape index (κ1) is 14.6. The van der Waals surface area contributed by atoms with Crippen molar-refractivity contribution in [3.63, 3.8) is 0 Å². The van der Waals surface area contributed by atoms with Gasteiger partial charge < -0.3 is 0 Å². The fourth-order valence-corrected chi connectivity index (χ4v) is 4.77. The Kier molecular flexibility index (Phi) is 3.56. The summed E-state index contributed by atoms with van der Waals surface area (Å²) in [7, 11) is 0. The van der Waals surface area contributed by atoms with Crippen LogP contribution in [0.3, 0.4) is 0 Å². The summed E-state index contributed by atoms with van der Waals surface area (Å²) in [4.78, 5) is 17.5. The molecular formula is C17H11ClN2OS2. The Hall–Kier alpha value is -1.95. The number of amides is 1. The van der Waals surface area contributed by atoms with Gasteiger partial charge >= 0.3 is 0 Å². The topological polar surface area (TPSA) is 42.0 Å². The van der Waals surface area contributed by atoms with Gasteiger partial charge in [-0.05, 0) is 30.7 Å². The molecule has 0 unspecified atom stereocenters. The number of fused-ring (bicyclic) bond motifs is 2. The summed E-state index contributed by atoms with van der Waals surface area (Å²) in [5.41, 5.74) is 2.03. The highest BCUT2D eigenvalue weighted by atomic mass is 35.5. The Morgan fingerprint density at radius 2 is 1.96 bits per heavy atom. The van der Waals surface area contributed by atoms with Gasteiger partial charge in [0.1, 0.15) is 4.88 Å². The van der Waals surface area contributed by atoms with E-state index in [4.69, 9.17) is 11.6 Å². The first-order valence-electron chi connectivity index (χ1n) is 6.97. The van der Waals surface area contributed by atoms with E-state index in [0.717, 1.165) is 25.9 Å². The predicted molar refractivity (Wildman–Crippen MR) is 99.1 cm³/mol. The number of rotatable bonds is 2. The van der Waals surface area contributed by atoms with Gasteiger partial charge in [-0.25, -0.2) is 4.98 Å². The summed E-state index contributed by atoms with van der Waals surface area (Å²) in [5.74, 6) is -0.215. The zero-order valence-electron chi connectivity index (χ0n) is 12.1. The van der Waals surface area contributed by atoms with E-state index < -0.39 is 0 Å². The van der Waals surface area contributed by atoms with Crippen LogP contribution in [0.5, 0.6) is 0 Å². The molecule has 2 heterocycles. The maximum absolute atomic E-state index is 12.5. The van der Waals surface area contributed by atoms with Gasteiger partial charge in [-0.2, -0.15) is 0 Å². The van der Waals surface area contributed by atoms with Crippen LogP contribution in [0.25, 0.3) is 20.3 Å². The molecule has 1 N–H and O–H groups in total. The summed E-state index contributed by atoms with van der Waals surface area (Å²) in [5, 5.41) is 4.86. The fraction of sp³-hybridized carbons (Fsp3) is 0.0588. The number of halogens is 1. The number of thiophene rings is 1. The number of carbonyl (C=O) groups excluding carboxylic acids is 1. The summed E-state index contributed by atoms with van der Waals surface area (Å²) >= 11 is 9.24. The molecule has 3 nitrogen and oxygen atoms in total. The number of nitrogens with one attached hydrogen (secondary N) is 1. The lowest BCUT2D eigenvalue weighted by molar-refractivity contribution is 0.103. The molecule has 0 aliphatic heterocycles. The lowest BCUT2D eigenvalue weighted by Gasteiger charge is -1.98. The van der Waals surface area contributed by atoms with Crippen LogP contribution < -0.4 is 5.32 Å². The van der Waals surface area contributed by atoms with E-state index in [9.17, 15) is 4.79 Å². The highest BCUT2D eigenvalue weighted by molar-refractivity contribution is 7.23. The monoisotopic (exact) mass is 358 g/mol. The average Bonchev–Trinajstić information content (AvgIpc) is 3.07. The van der Waals surface area contributed by atoms with Crippen molar-refractivity contribution in [1.82, 2.24) is 4.98 Å². The fourth-order valence-electron chi connectivity index (χ4n) is 2.40. The normalized spacial score (nSPS) is 11.2. The van der Waals surface area contributed by atoms with Crippen molar-refractivity contribution in [1.29, 1.82) is 0 Å². The number of benzene rings is 2. The summed E-state index contributed by atoms with van der Waals surface area (Å²) in [6, 6.07) is 13.8. The number of nitrogens with zero attached hydrogens (tertiary/aromatic N) is 1. The smallest absolute Gasteiger partial charge is 0.269 e. The predicted octanol–water partition coefficient (Wildman–Crippen LogP) is 5.73. The number of aromatic nitrogens is 1. The van der Waals surface area contributed by atoms with Crippen molar-refractivity contribution in [3.05, 3.63) is 57.9 Å². The van der Waals surface area contributed by atoms with E-state index in [1.807, 2.05) is 49.4 Å². The lowest BCUT2D eigenvalue weighted by atomic mass is 10.2. The van der Waals surface area contributed by atoms with Crippen LogP contribution in [0.4, 0.5) is 5.13 Å². The minimum absolute atomic E-state index is 0.215. The van der Waals surface area contributed by atoms with Gasteiger partial charge in [0.25, 0.3) is 5.91 Å². The molecule has 0 bridgehead atoms. The molecule has 6 heteroatoms. The van der Waals surface area contributed by atoms with Crippen molar-refractivity contribution in [3.8, 4) is 0 Å². The number of hydrogen-bond acceptors (Lipinski definition) is 4. The molecular weight excluding hydrogens is 348 g/mol. The number of anilines is 1. The molecule has 2 aromatic heterocycles. The summed E-state index contributed by atoms with van der Waals surface area (Å²) in [6.07, 6.45) is 0. The molecule has 2 aromatic carbocycles. The van der Waals surface area contributed by atoms with Crippen molar-refractivity contribution in [2.24, 2.45) is 0 Å². The molecule has 1 amide bonds. The van der Waals surface area contributed by atoms with Crippen LogP contribution in [-0.2, 0) is 0 Å². The van der Waals surface area contributed by atoms with Crippen LogP contribution in [0.1, 0.15) is 15.2 Å². The number of hydrogen-bond donors (Lipinski definition) is 1. The second-order valence-corrected chi connectivity index (χ2v) is 7.65. The molecule has 0 aliphatic carbocycles. The molecule has 0 radical (unpaired) electrons. The minimum Gasteiger partial charge on any atom is -0.297 e. The van der Waals surface area contributed by atoms with Gasteiger partial charge in [0.05, 0.1) is 15.2 Å². The SMILES string of the molecule is Cc1ccc2c(Cl)c(C(=O)Nc3nc4ccccc4s3)sc2c1. The van der Waals surface area contributed by atoms with Crippen LogP contribution in [0.2, 0.25) is 5.02 Å². The maximum Gasteiger partial charge on any atom is 0.269 e. The Morgan fingerprint density at radius 1 is 1.13 bits per heavy atom. The third-order valence-electron chi connectivity index (χ3n) is 3.51. The Balaban J connectivity index is 1.70. The Morgan fingerprint density at radius 3 is 2.78 bits per heavy atom. The quantitative estimate of drug-likeness (QED) is 0.497. The second kappa shape index (κ2) is 5.60. The van der Waals surface area contributed by atoms with E-state index in [1.165, 1.54) is 22.7 Å². The van der Waals surface area contributed by atoms with Crippen LogP contribution in [0.15, 0.2) is 42.5 Å². The Bertz CT molecular complexity index is 1020. The zero-order chi connectivity index (χ0) is 16.0. The number of carbonyl (C=O) groups is 1. The standard InChI is InChI=1S/C17H11ClN2OS2/c1-9-6-7-10-13(8-9)22-15(14(10)18)16(21)20-17-19-11-4-2-3-5-12(11)23-17/h2-8H,1H3,(H,19,20,21). The van der Waals surface area contributed by atoms with Gasteiger partial charge in [0, 0.05) is 10.1 Å². The molecule has 0 fully saturated rings. The number of thiazole rings is 1. The summed E-state index contributed by atoms with van der Waals surface area (Å²) in [6.45, 7) is 2.02. The van der Waals surface area contributed by atoms with Crippen molar-refractivity contribution in [2.45, 2.75) is 6.92 Å². The minimum atomic E-state index is -0.215. The van der Waals surface area contributed by atoms with E-state index >= 15 is 0 Å². The molecule has 4 aromatic rings. The van der Waals surface area contributed by atoms with Gasteiger partial charge in [-0.15, -0.1) is 11.3 Å². The van der Waals surface area contributed by atoms with Gasteiger partial charge in [0.15, 0.2) is 5.13 Å². The number of aryl methyl sites for hydroxylation is 1. The van der Waals surface area contributed by atoms with Gasteiger partial charge in [0.2, 0.25) is 0 Å². The van der Waals surface area contributed by atoms with Crippen molar-refractivity contribution < 1.29 is 4.79 Å². The lowest BCUT2D eigenvalue weighted by Crippen LogP contribution is -2.10. The number of para-hydroxylation sites is 1. The first-order chi connectivity index (χ1) is 11.1. The molecule has 0 atom stereocenters. The highest BCUT2D eigenvalue weighted by Crippen LogP contribution is 2.36. The van der Waals surface area contributed by atoms with Crippen molar-refractivity contribution >= 4 is 65.6 Å². The molecule has 114 valence electrons. The summed E-state index contributed by atoms with van der Waals surface area (Å²) < 4.78 is 2.06. The van der Waals surface area contributed by atoms with Gasteiger partial charge in [-0.1, -0.05) is 47.2 Å².